The van der Waals surface area contributed by atoms with E-state index < -0.39 is 0 Å². The molecule has 1 aromatic carbocycles. The van der Waals surface area contributed by atoms with Gasteiger partial charge in [-0.3, -0.25) is 4.40 Å². The monoisotopic (exact) mass is 377 g/mol. The number of nitrogens with two attached hydrogens (primary N) is 1. The molecule has 0 bridgehead atoms. The molecule has 0 aliphatic heterocycles. The van der Waals surface area contributed by atoms with Gasteiger partial charge in [0.15, 0.2) is 17.1 Å². The van der Waals surface area contributed by atoms with Crippen molar-refractivity contribution < 1.29 is 0 Å². The molecule has 7 nitrogen and oxygen atoms in total. The van der Waals surface area contributed by atoms with E-state index in [9.17, 15) is 0 Å². The van der Waals surface area contributed by atoms with Crippen LogP contribution in [0, 0.1) is 3.57 Å². The molecule has 0 atom stereocenters. The van der Waals surface area contributed by atoms with Crippen molar-refractivity contribution in [1.29, 1.82) is 0 Å². The molecule has 0 radical (unpaired) electrons. The van der Waals surface area contributed by atoms with Crippen LogP contribution >= 0.6 is 22.6 Å². The number of nitrogens with zero attached hydrogens (tertiary/aromatic N) is 5. The Bertz CT molecular complexity index is 939. The molecular formula is C12H8IN7. The third-order valence-electron chi connectivity index (χ3n) is 3.09. The van der Waals surface area contributed by atoms with Crippen molar-refractivity contribution in [1.82, 2.24) is 29.5 Å². The molecule has 0 fully saturated rings. The second-order valence-electron chi connectivity index (χ2n) is 4.29. The first-order chi connectivity index (χ1) is 9.74. The number of hydrogen-bond acceptors (Lipinski definition) is 5. The van der Waals surface area contributed by atoms with Gasteiger partial charge in [0.2, 0.25) is 0 Å². The smallest absolute Gasteiger partial charge is 0.190 e. The Kier molecular flexibility index (Phi) is 2.39. The van der Waals surface area contributed by atoms with E-state index in [0.717, 1.165) is 14.7 Å². The number of nitrogens with one attached hydrogen (secondary N) is 1. The summed E-state index contributed by atoms with van der Waals surface area (Å²) in [5.41, 5.74) is 9.59. The van der Waals surface area contributed by atoms with Gasteiger partial charge in [0.05, 0.1) is 6.33 Å². The quantitative estimate of drug-likeness (QED) is 0.390. The Balaban J connectivity index is 2.07. The molecule has 4 rings (SSSR count). The van der Waals surface area contributed by atoms with E-state index in [0.29, 0.717) is 22.8 Å². The molecule has 3 N–H and O–H groups in total. The maximum Gasteiger partial charge on any atom is 0.190 e. The van der Waals surface area contributed by atoms with Crippen molar-refractivity contribution in [3.63, 3.8) is 0 Å². The summed E-state index contributed by atoms with van der Waals surface area (Å²) in [6, 6.07) is 5.79. The van der Waals surface area contributed by atoms with E-state index >= 15 is 0 Å². The van der Waals surface area contributed by atoms with Crippen LogP contribution in [0.2, 0.25) is 0 Å². The molecule has 98 valence electrons. The summed E-state index contributed by atoms with van der Waals surface area (Å²) in [5.74, 6) is 0.667. The molecule has 4 aromatic rings. The number of benzene rings is 1. The van der Waals surface area contributed by atoms with E-state index in [1.165, 1.54) is 0 Å². The summed E-state index contributed by atoms with van der Waals surface area (Å²) >= 11 is 2.24. The fourth-order valence-corrected chi connectivity index (χ4v) is 2.63. The summed E-state index contributed by atoms with van der Waals surface area (Å²) in [7, 11) is 0. The van der Waals surface area contributed by atoms with Crippen molar-refractivity contribution in [2.75, 3.05) is 5.73 Å². The lowest BCUT2D eigenvalue weighted by atomic mass is 10.2. The highest BCUT2D eigenvalue weighted by molar-refractivity contribution is 14.1. The third kappa shape index (κ3) is 1.57. The van der Waals surface area contributed by atoms with Gasteiger partial charge in [-0.05, 0) is 40.8 Å². The molecule has 0 amide bonds. The molecule has 0 aliphatic rings. The average Bonchev–Trinajstić information content (AvgIpc) is 3.06. The minimum Gasteiger partial charge on any atom is -0.398 e. The fourth-order valence-electron chi connectivity index (χ4n) is 2.14. The first-order valence-electron chi connectivity index (χ1n) is 5.82. The van der Waals surface area contributed by atoms with Crippen molar-refractivity contribution in [2.45, 2.75) is 0 Å². The number of halogens is 1. The van der Waals surface area contributed by atoms with Gasteiger partial charge in [-0.25, -0.2) is 9.97 Å². The van der Waals surface area contributed by atoms with Gasteiger partial charge in [-0.2, -0.15) is 0 Å². The molecule has 8 heteroatoms. The summed E-state index contributed by atoms with van der Waals surface area (Å²) in [5, 5.41) is 8.45. The van der Waals surface area contributed by atoms with Crippen LogP contribution in [-0.2, 0) is 0 Å². The number of H-pyrrole nitrogens is 1. The zero-order chi connectivity index (χ0) is 13.7. The van der Waals surface area contributed by atoms with Crippen molar-refractivity contribution in [3.8, 4) is 11.4 Å². The van der Waals surface area contributed by atoms with Gasteiger partial charge in [0, 0.05) is 14.8 Å². The maximum absolute atomic E-state index is 6.04. The summed E-state index contributed by atoms with van der Waals surface area (Å²) < 4.78 is 2.89. The first kappa shape index (κ1) is 11.6. The second-order valence-corrected chi connectivity index (χ2v) is 5.54. The maximum atomic E-state index is 6.04. The Morgan fingerprint density at radius 3 is 3.00 bits per heavy atom. The molecular weight excluding hydrogens is 369 g/mol. The van der Waals surface area contributed by atoms with Crippen LogP contribution in [0.25, 0.3) is 28.2 Å². The van der Waals surface area contributed by atoms with E-state index in [1.54, 1.807) is 12.7 Å². The standard InChI is InChI=1S/C12H8IN7/c13-6-1-2-8(14)7(3-6)11-18-19-12-9-10(16-4-15-9)17-5-20(11)12/h1-5H,14H2,(H,15,16). The van der Waals surface area contributed by atoms with Crippen LogP contribution in [0.15, 0.2) is 30.9 Å². The zero-order valence-corrected chi connectivity index (χ0v) is 12.2. The lowest BCUT2D eigenvalue weighted by Gasteiger charge is -2.04. The minimum absolute atomic E-state index is 0.618. The van der Waals surface area contributed by atoms with Gasteiger partial charge < -0.3 is 10.7 Å². The van der Waals surface area contributed by atoms with Crippen LogP contribution in [0.1, 0.15) is 0 Å². The van der Waals surface area contributed by atoms with Crippen LogP contribution < -0.4 is 5.73 Å². The van der Waals surface area contributed by atoms with E-state index in [1.807, 2.05) is 22.6 Å². The van der Waals surface area contributed by atoms with E-state index in [-0.39, 0.29) is 0 Å². The highest BCUT2D eigenvalue weighted by atomic mass is 127. The number of fused-ring (bicyclic) bond motifs is 3. The predicted octanol–water partition coefficient (Wildman–Crippen LogP) is 1.85. The molecule has 3 aromatic heterocycles. The zero-order valence-electron chi connectivity index (χ0n) is 10.1. The molecule has 3 heterocycles. The molecule has 0 spiro atoms. The largest absolute Gasteiger partial charge is 0.398 e. The van der Waals surface area contributed by atoms with Crippen LogP contribution in [0.3, 0.4) is 0 Å². The SMILES string of the molecule is Nc1ccc(I)cc1-c1nnc2c3[nH]cnc3ncn12. The minimum atomic E-state index is 0.618. The topological polar surface area (TPSA) is 97.8 Å². The number of aromatic amines is 1. The number of hydrogen-bond donors (Lipinski definition) is 2. The number of rotatable bonds is 1. The van der Waals surface area contributed by atoms with E-state index in [4.69, 9.17) is 5.73 Å². The number of anilines is 1. The van der Waals surface area contributed by atoms with E-state index in [2.05, 4.69) is 47.7 Å². The summed E-state index contributed by atoms with van der Waals surface area (Å²) in [4.78, 5) is 11.4. The van der Waals surface area contributed by atoms with Crippen molar-refractivity contribution in [2.24, 2.45) is 0 Å². The van der Waals surface area contributed by atoms with Gasteiger partial charge in [-0.15, -0.1) is 10.2 Å². The highest BCUT2D eigenvalue weighted by Crippen LogP contribution is 2.27. The van der Waals surface area contributed by atoms with Crippen molar-refractivity contribution in [3.05, 3.63) is 34.4 Å². The Morgan fingerprint density at radius 2 is 2.10 bits per heavy atom. The van der Waals surface area contributed by atoms with Gasteiger partial charge >= 0.3 is 0 Å². The second kappa shape index (κ2) is 4.13. The Morgan fingerprint density at radius 1 is 1.20 bits per heavy atom. The molecule has 0 saturated heterocycles. The Hall–Kier alpha value is -2.23. The molecule has 20 heavy (non-hydrogen) atoms. The normalized spacial score (nSPS) is 11.4. The molecule has 0 saturated carbocycles. The lowest BCUT2D eigenvalue weighted by Crippen LogP contribution is -1.96. The first-order valence-corrected chi connectivity index (χ1v) is 6.90. The van der Waals surface area contributed by atoms with Crippen LogP contribution in [0.5, 0.6) is 0 Å². The fraction of sp³-hybridized carbons (Fsp3) is 0. The van der Waals surface area contributed by atoms with Gasteiger partial charge in [-0.1, -0.05) is 0 Å². The highest BCUT2D eigenvalue weighted by Gasteiger charge is 2.14. The number of imidazole rings is 1. The summed E-state index contributed by atoms with van der Waals surface area (Å²) in [6.07, 6.45) is 3.25. The molecule has 0 unspecified atom stereocenters. The van der Waals surface area contributed by atoms with Gasteiger partial charge in [0.25, 0.3) is 0 Å². The number of aromatic nitrogens is 6. The van der Waals surface area contributed by atoms with Crippen molar-refractivity contribution >= 4 is 45.1 Å². The lowest BCUT2D eigenvalue weighted by molar-refractivity contribution is 1.09. The van der Waals surface area contributed by atoms with Crippen LogP contribution in [0.4, 0.5) is 5.69 Å². The molecule has 0 aliphatic carbocycles. The van der Waals surface area contributed by atoms with Crippen LogP contribution in [-0.4, -0.2) is 29.5 Å². The summed E-state index contributed by atoms with van der Waals surface area (Å²) in [6.45, 7) is 0. The average molecular weight is 377 g/mol. The third-order valence-corrected chi connectivity index (χ3v) is 3.76. The van der Waals surface area contributed by atoms with Gasteiger partial charge in [0.1, 0.15) is 11.8 Å². The number of nitrogen functional groups attached to an aromatic ring is 1. The Labute approximate surface area is 126 Å². The predicted molar refractivity (Wildman–Crippen MR) is 83.0 cm³/mol.